The van der Waals surface area contributed by atoms with Gasteiger partial charge in [0.05, 0.1) is 0 Å². The second kappa shape index (κ2) is 11.7. The van der Waals surface area contributed by atoms with Crippen LogP contribution in [-0.4, -0.2) is 90.7 Å². The molecule has 1 fully saturated rings. The summed E-state index contributed by atoms with van der Waals surface area (Å²) in [6, 6.07) is 0. The summed E-state index contributed by atoms with van der Waals surface area (Å²) in [7, 11) is 0. The van der Waals surface area contributed by atoms with Gasteiger partial charge in [0.15, 0.2) is 0 Å². The van der Waals surface area contributed by atoms with Crippen LogP contribution < -0.4 is 5.32 Å². The van der Waals surface area contributed by atoms with E-state index >= 15 is 0 Å². The molecule has 1 amide bonds. The maximum absolute atomic E-state index is 10.7. The fourth-order valence-corrected chi connectivity index (χ4v) is 2.86. The van der Waals surface area contributed by atoms with E-state index in [9.17, 15) is 9.36 Å². The molecule has 10 heteroatoms. The summed E-state index contributed by atoms with van der Waals surface area (Å²) >= 11 is 0.640. The molecule has 104 valence electrons. The van der Waals surface area contributed by atoms with Crippen LogP contribution in [-0.2, 0) is 9.36 Å². The number of rotatable bonds is 10. The van der Waals surface area contributed by atoms with Gasteiger partial charge < -0.3 is 20.0 Å². The van der Waals surface area contributed by atoms with Crippen molar-refractivity contribution in [1.29, 1.82) is 0 Å². The first-order valence-corrected chi connectivity index (χ1v) is 8.82. The van der Waals surface area contributed by atoms with E-state index in [1.165, 1.54) is 12.8 Å². The van der Waals surface area contributed by atoms with E-state index in [2.05, 4.69) is 5.32 Å². The second-order valence-electron chi connectivity index (χ2n) is 4.12. The van der Waals surface area contributed by atoms with Crippen LogP contribution in [0.4, 0.5) is 0 Å². The molecule has 1 aliphatic carbocycles. The topological polar surface area (TPSA) is 89.9 Å². The van der Waals surface area contributed by atoms with Gasteiger partial charge >= 0.3 is 44.5 Å². The Hall–Kier alpha value is 1.12. The van der Waals surface area contributed by atoms with Crippen molar-refractivity contribution in [3.8, 4) is 0 Å². The number of carbonyl (C=O) groups is 1. The van der Waals surface area contributed by atoms with Crippen LogP contribution in [0.2, 0.25) is 0 Å². The molecule has 0 aromatic rings. The van der Waals surface area contributed by atoms with E-state index in [0.717, 1.165) is 13.0 Å². The Morgan fingerprint density at radius 2 is 1.95 bits per heavy atom. The first kappa shape index (κ1) is 22.4. The van der Waals surface area contributed by atoms with Gasteiger partial charge in [0, 0.05) is 31.9 Å². The Labute approximate surface area is 142 Å². The van der Waals surface area contributed by atoms with E-state index in [-0.39, 0.29) is 37.7 Å². The summed E-state index contributed by atoms with van der Waals surface area (Å²) < 4.78 is 10.5. The van der Waals surface area contributed by atoms with Gasteiger partial charge in [-0.05, 0) is 30.1 Å². The SMILES string of the molecule is O=CN(CCNCCSP(=O)(O)O)CC1CC1.[LiH].[LiH]. The van der Waals surface area contributed by atoms with Crippen molar-refractivity contribution < 1.29 is 19.1 Å². The van der Waals surface area contributed by atoms with Crippen LogP contribution >= 0.6 is 18.2 Å². The van der Waals surface area contributed by atoms with Gasteiger partial charge in [-0.2, -0.15) is 0 Å². The maximum atomic E-state index is 10.7. The molecule has 0 unspecified atom stereocenters. The summed E-state index contributed by atoms with van der Waals surface area (Å²) in [4.78, 5) is 29.7. The van der Waals surface area contributed by atoms with Gasteiger partial charge in [-0.3, -0.25) is 4.79 Å². The summed E-state index contributed by atoms with van der Waals surface area (Å²) in [5.41, 5.74) is 0. The number of nitrogens with zero attached hydrogens (tertiary/aromatic N) is 1. The zero-order chi connectivity index (χ0) is 12.7. The fraction of sp³-hybridized carbons (Fsp3) is 0.889. The molecule has 0 saturated heterocycles. The second-order valence-corrected chi connectivity index (χ2v) is 7.97. The number of amides is 1. The van der Waals surface area contributed by atoms with Crippen molar-refractivity contribution in [3.63, 3.8) is 0 Å². The molecule has 0 atom stereocenters. The molecular formula is C9H21Li2N2O4PS. The van der Waals surface area contributed by atoms with E-state index in [0.29, 0.717) is 42.7 Å². The van der Waals surface area contributed by atoms with Gasteiger partial charge in [-0.25, -0.2) is 4.57 Å². The molecule has 1 saturated carbocycles. The number of hydrogen-bond acceptors (Lipinski definition) is 4. The first-order chi connectivity index (χ1) is 8.01. The van der Waals surface area contributed by atoms with Gasteiger partial charge in [-0.1, -0.05) is 0 Å². The van der Waals surface area contributed by atoms with Gasteiger partial charge in [0.25, 0.3) is 0 Å². The molecule has 0 radical (unpaired) electrons. The quantitative estimate of drug-likeness (QED) is 0.207. The first-order valence-electron chi connectivity index (χ1n) is 5.61. The van der Waals surface area contributed by atoms with Crippen LogP contribution in [0.1, 0.15) is 12.8 Å². The number of carbonyl (C=O) groups excluding carboxylic acids is 1. The predicted octanol–water partition coefficient (Wildman–Crippen LogP) is -1.03. The van der Waals surface area contributed by atoms with Crippen molar-refractivity contribution in [2.75, 3.05) is 31.9 Å². The summed E-state index contributed by atoms with van der Waals surface area (Å²) in [5.74, 6) is 1.05. The molecule has 0 aromatic carbocycles. The fourth-order valence-electron chi connectivity index (χ4n) is 1.40. The Morgan fingerprint density at radius 3 is 2.42 bits per heavy atom. The third-order valence-corrected chi connectivity index (χ3v) is 4.73. The molecule has 0 heterocycles. The van der Waals surface area contributed by atoms with E-state index in [4.69, 9.17) is 9.79 Å². The Kier molecular flexibility index (Phi) is 13.9. The van der Waals surface area contributed by atoms with Crippen LogP contribution in [0.3, 0.4) is 0 Å². The molecule has 6 nitrogen and oxygen atoms in total. The summed E-state index contributed by atoms with van der Waals surface area (Å²) in [6.07, 6.45) is 3.30. The predicted molar refractivity (Wildman–Crippen MR) is 82.0 cm³/mol. The van der Waals surface area contributed by atoms with Crippen molar-refractivity contribution >= 4 is 62.3 Å². The zero-order valence-electron chi connectivity index (χ0n) is 9.62. The molecule has 3 N–H and O–H groups in total. The van der Waals surface area contributed by atoms with Gasteiger partial charge in [-0.15, -0.1) is 0 Å². The van der Waals surface area contributed by atoms with Crippen molar-refractivity contribution in [3.05, 3.63) is 0 Å². The van der Waals surface area contributed by atoms with Gasteiger partial charge in [0.2, 0.25) is 6.41 Å². The van der Waals surface area contributed by atoms with Crippen LogP contribution in [0.25, 0.3) is 0 Å². The van der Waals surface area contributed by atoms with Crippen LogP contribution in [0, 0.1) is 5.92 Å². The van der Waals surface area contributed by atoms with Crippen LogP contribution in [0.15, 0.2) is 0 Å². The van der Waals surface area contributed by atoms with Gasteiger partial charge in [0.1, 0.15) is 0 Å². The average Bonchev–Trinajstić information content (AvgIpc) is 3.03. The average molecular weight is 298 g/mol. The van der Waals surface area contributed by atoms with Crippen molar-refractivity contribution in [2.45, 2.75) is 12.8 Å². The minimum absolute atomic E-state index is 0. The summed E-state index contributed by atoms with van der Waals surface area (Å²) in [6.45, 7) is -1.26. The monoisotopic (exact) mass is 298 g/mol. The molecular weight excluding hydrogens is 277 g/mol. The zero-order valence-corrected chi connectivity index (χ0v) is 11.3. The minimum atomic E-state index is -3.94. The molecule has 0 aromatic heterocycles. The van der Waals surface area contributed by atoms with E-state index in [1.807, 2.05) is 0 Å². The molecule has 0 bridgehead atoms. The normalized spacial score (nSPS) is 14.2. The van der Waals surface area contributed by atoms with Crippen molar-refractivity contribution in [2.24, 2.45) is 5.92 Å². The summed E-state index contributed by atoms with van der Waals surface area (Å²) in [5, 5.41) is 3.05. The number of hydrogen-bond donors (Lipinski definition) is 3. The van der Waals surface area contributed by atoms with E-state index in [1.54, 1.807) is 4.90 Å². The Balaban J connectivity index is 0. The van der Waals surface area contributed by atoms with Crippen LogP contribution in [0.5, 0.6) is 0 Å². The standard InChI is InChI=1S/C9H19N2O4PS.2Li.2H/c12-8-11(7-9-1-2-9)5-3-10-4-6-17-16(13,14)15;;;;/h8-10H,1-7H2,(H2,13,14,15);;;;. The Bertz CT molecular complexity index is 291. The number of nitrogens with one attached hydrogen (secondary N) is 1. The van der Waals surface area contributed by atoms with Crippen molar-refractivity contribution in [1.82, 2.24) is 10.2 Å². The molecule has 0 aliphatic heterocycles. The van der Waals surface area contributed by atoms with E-state index < -0.39 is 6.80 Å². The molecule has 0 spiro atoms. The molecule has 19 heavy (non-hydrogen) atoms. The molecule has 1 rings (SSSR count). The molecule has 1 aliphatic rings. The third-order valence-electron chi connectivity index (χ3n) is 2.45. The Morgan fingerprint density at radius 1 is 1.32 bits per heavy atom. The third kappa shape index (κ3) is 13.8.